The second-order valence-electron chi connectivity index (χ2n) is 3.39. The Balaban J connectivity index is 2.60. The van der Waals surface area contributed by atoms with Crippen molar-refractivity contribution in [2.24, 2.45) is 0 Å². The van der Waals surface area contributed by atoms with E-state index in [-0.39, 0.29) is 11.8 Å². The summed E-state index contributed by atoms with van der Waals surface area (Å²) in [5, 5.41) is 0. The fraction of sp³-hybridized carbons (Fsp3) is 1.00. The van der Waals surface area contributed by atoms with Crippen LogP contribution < -0.4 is 0 Å². The van der Waals surface area contributed by atoms with Gasteiger partial charge in [-0.2, -0.15) is 16.1 Å². The van der Waals surface area contributed by atoms with Crippen molar-refractivity contribution < 1.29 is 8.42 Å². The minimum absolute atomic E-state index is 0.133. The molecule has 1 heterocycles. The van der Waals surface area contributed by atoms with E-state index in [0.717, 1.165) is 11.5 Å². The van der Waals surface area contributed by atoms with Crippen LogP contribution in [0.1, 0.15) is 13.3 Å². The number of hydrogen-bond donors (Lipinski definition) is 0. The molecule has 0 spiro atoms. The Morgan fingerprint density at radius 1 is 1.57 bits per heavy atom. The molecule has 0 amide bonds. The molecule has 1 unspecified atom stereocenters. The standard InChI is InChI=1S/C8H16ClNO2S2/c1-8-7-13-5-4-10(8)14(11,12)6-2-3-9/h8H,2-7H2,1H3. The predicted molar refractivity (Wildman–Crippen MR) is 62.6 cm³/mol. The molecular weight excluding hydrogens is 242 g/mol. The minimum Gasteiger partial charge on any atom is -0.212 e. The van der Waals surface area contributed by atoms with Crippen LogP contribution >= 0.6 is 23.4 Å². The SMILES string of the molecule is CC1CSCCN1S(=O)(=O)CCCCl. The molecule has 84 valence electrons. The van der Waals surface area contributed by atoms with Gasteiger partial charge in [-0.1, -0.05) is 0 Å². The van der Waals surface area contributed by atoms with Crippen LogP contribution in [0.3, 0.4) is 0 Å². The van der Waals surface area contributed by atoms with Crippen molar-refractivity contribution in [3.05, 3.63) is 0 Å². The van der Waals surface area contributed by atoms with E-state index < -0.39 is 10.0 Å². The van der Waals surface area contributed by atoms with Crippen LogP contribution in [0.2, 0.25) is 0 Å². The van der Waals surface area contributed by atoms with E-state index in [1.54, 1.807) is 4.31 Å². The molecule has 0 aromatic rings. The number of halogens is 1. The number of sulfonamides is 1. The summed E-state index contributed by atoms with van der Waals surface area (Å²) in [6.07, 6.45) is 0.542. The van der Waals surface area contributed by atoms with Gasteiger partial charge in [-0.05, 0) is 13.3 Å². The van der Waals surface area contributed by atoms with Crippen molar-refractivity contribution in [1.82, 2.24) is 4.31 Å². The maximum atomic E-state index is 11.8. The van der Waals surface area contributed by atoms with Crippen LogP contribution in [0, 0.1) is 0 Å². The van der Waals surface area contributed by atoms with E-state index in [4.69, 9.17) is 11.6 Å². The molecule has 3 nitrogen and oxygen atoms in total. The molecule has 0 aromatic heterocycles. The molecule has 0 radical (unpaired) electrons. The van der Waals surface area contributed by atoms with Crippen LogP contribution in [0.25, 0.3) is 0 Å². The van der Waals surface area contributed by atoms with E-state index in [9.17, 15) is 8.42 Å². The normalized spacial score (nSPS) is 25.1. The summed E-state index contributed by atoms with van der Waals surface area (Å²) in [6.45, 7) is 2.61. The molecule has 1 fully saturated rings. The summed E-state index contributed by atoms with van der Waals surface area (Å²) in [7, 11) is -3.06. The highest BCUT2D eigenvalue weighted by molar-refractivity contribution is 7.99. The van der Waals surface area contributed by atoms with Crippen molar-refractivity contribution in [3.8, 4) is 0 Å². The lowest BCUT2D eigenvalue weighted by atomic mass is 10.4. The molecular formula is C8H16ClNO2S2. The monoisotopic (exact) mass is 257 g/mol. The average Bonchev–Trinajstić information content (AvgIpc) is 2.15. The molecule has 0 N–H and O–H groups in total. The first kappa shape index (κ1) is 12.6. The molecule has 1 aliphatic heterocycles. The second kappa shape index (κ2) is 5.58. The molecule has 0 aliphatic carbocycles. The van der Waals surface area contributed by atoms with Crippen molar-refractivity contribution in [1.29, 1.82) is 0 Å². The van der Waals surface area contributed by atoms with Gasteiger partial charge in [-0.25, -0.2) is 8.42 Å². The van der Waals surface area contributed by atoms with Gasteiger partial charge in [0.05, 0.1) is 5.75 Å². The third kappa shape index (κ3) is 3.29. The van der Waals surface area contributed by atoms with Crippen LogP contribution in [0.5, 0.6) is 0 Å². The zero-order chi connectivity index (χ0) is 10.6. The summed E-state index contributed by atoms with van der Waals surface area (Å²) < 4.78 is 25.2. The van der Waals surface area contributed by atoms with Gasteiger partial charge < -0.3 is 0 Å². The third-order valence-electron chi connectivity index (χ3n) is 2.20. The van der Waals surface area contributed by atoms with Gasteiger partial charge in [-0.15, -0.1) is 11.6 Å². The zero-order valence-electron chi connectivity index (χ0n) is 8.28. The summed E-state index contributed by atoms with van der Waals surface area (Å²) in [6, 6.07) is 0.133. The van der Waals surface area contributed by atoms with Crippen molar-refractivity contribution in [3.63, 3.8) is 0 Å². The topological polar surface area (TPSA) is 37.4 Å². The minimum atomic E-state index is -3.06. The quantitative estimate of drug-likeness (QED) is 0.715. The number of alkyl halides is 1. The van der Waals surface area contributed by atoms with E-state index in [2.05, 4.69) is 0 Å². The summed E-state index contributed by atoms with van der Waals surface area (Å²) in [4.78, 5) is 0. The average molecular weight is 258 g/mol. The van der Waals surface area contributed by atoms with Crippen molar-refractivity contribution in [2.45, 2.75) is 19.4 Å². The van der Waals surface area contributed by atoms with E-state index in [1.165, 1.54) is 0 Å². The molecule has 1 atom stereocenters. The summed E-state index contributed by atoms with van der Waals surface area (Å²) in [5.41, 5.74) is 0. The molecule has 0 bridgehead atoms. The molecule has 1 rings (SSSR count). The van der Waals surface area contributed by atoms with E-state index in [0.29, 0.717) is 18.8 Å². The third-order valence-corrected chi connectivity index (χ3v) is 5.72. The zero-order valence-corrected chi connectivity index (χ0v) is 10.7. The Bertz CT molecular complexity index is 269. The highest BCUT2D eigenvalue weighted by Gasteiger charge is 2.28. The lowest BCUT2D eigenvalue weighted by molar-refractivity contribution is 0.367. The Hall–Kier alpha value is 0.550. The van der Waals surface area contributed by atoms with Crippen LogP contribution in [0.15, 0.2) is 0 Å². The Kier molecular flexibility index (Phi) is 5.03. The molecule has 1 aliphatic rings. The van der Waals surface area contributed by atoms with Crippen molar-refractivity contribution in [2.75, 3.05) is 29.7 Å². The molecule has 14 heavy (non-hydrogen) atoms. The van der Waals surface area contributed by atoms with Crippen LogP contribution in [0.4, 0.5) is 0 Å². The Labute approximate surface area is 95.2 Å². The van der Waals surface area contributed by atoms with E-state index >= 15 is 0 Å². The van der Waals surface area contributed by atoms with Gasteiger partial charge >= 0.3 is 0 Å². The molecule has 1 saturated heterocycles. The first-order valence-electron chi connectivity index (χ1n) is 4.71. The second-order valence-corrected chi connectivity index (χ2v) is 6.96. The van der Waals surface area contributed by atoms with Gasteiger partial charge in [-0.3, -0.25) is 0 Å². The van der Waals surface area contributed by atoms with Gasteiger partial charge in [0, 0.05) is 30.0 Å². The highest BCUT2D eigenvalue weighted by atomic mass is 35.5. The first-order chi connectivity index (χ1) is 6.58. The van der Waals surface area contributed by atoms with Crippen LogP contribution in [-0.2, 0) is 10.0 Å². The maximum absolute atomic E-state index is 11.8. The highest BCUT2D eigenvalue weighted by Crippen LogP contribution is 2.19. The van der Waals surface area contributed by atoms with Gasteiger partial charge in [0.2, 0.25) is 10.0 Å². The first-order valence-corrected chi connectivity index (χ1v) is 8.01. The number of nitrogens with zero attached hydrogens (tertiary/aromatic N) is 1. The maximum Gasteiger partial charge on any atom is 0.214 e. The smallest absolute Gasteiger partial charge is 0.212 e. The molecule has 6 heteroatoms. The van der Waals surface area contributed by atoms with Crippen LogP contribution in [-0.4, -0.2) is 48.4 Å². The number of rotatable bonds is 4. The van der Waals surface area contributed by atoms with Gasteiger partial charge in [0.25, 0.3) is 0 Å². The lowest BCUT2D eigenvalue weighted by Gasteiger charge is -2.31. The Morgan fingerprint density at radius 3 is 2.86 bits per heavy atom. The summed E-state index contributed by atoms with van der Waals surface area (Å²) >= 11 is 7.31. The fourth-order valence-corrected chi connectivity index (χ4v) is 4.73. The number of thioether (sulfide) groups is 1. The number of hydrogen-bond acceptors (Lipinski definition) is 3. The Morgan fingerprint density at radius 2 is 2.29 bits per heavy atom. The lowest BCUT2D eigenvalue weighted by Crippen LogP contribution is -2.45. The van der Waals surface area contributed by atoms with E-state index in [1.807, 2.05) is 18.7 Å². The van der Waals surface area contributed by atoms with Crippen molar-refractivity contribution >= 4 is 33.4 Å². The van der Waals surface area contributed by atoms with Gasteiger partial charge in [0.15, 0.2) is 0 Å². The molecule has 0 aromatic carbocycles. The summed E-state index contributed by atoms with van der Waals surface area (Å²) in [5.74, 6) is 2.41. The predicted octanol–water partition coefficient (Wildman–Crippen LogP) is 1.38. The molecule has 0 saturated carbocycles. The van der Waals surface area contributed by atoms with Gasteiger partial charge in [0.1, 0.15) is 0 Å². The largest absolute Gasteiger partial charge is 0.214 e. The fourth-order valence-electron chi connectivity index (χ4n) is 1.48.